The Balaban J connectivity index is 1.48. The number of nitrogens with zero attached hydrogens (tertiary/aromatic N) is 1. The highest BCUT2D eigenvalue weighted by atomic mass is 16.5. The zero-order chi connectivity index (χ0) is 16.4. The van der Waals surface area contributed by atoms with E-state index in [1.165, 1.54) is 5.56 Å². The van der Waals surface area contributed by atoms with Crippen LogP contribution in [0.5, 0.6) is 5.75 Å². The SMILES string of the molecule is COc1ccc(CCN2C[C@H](NC(=O)C3(C)CC3)CC2=O)cc1. The standard InChI is InChI=1S/C18H24N2O3/c1-18(8-9-18)17(22)19-14-11-16(21)20(12-14)10-7-13-3-5-15(23-2)6-4-13/h3-6,14H,7-12H2,1-2H3,(H,19,22)/t14-/m1/s1. The van der Waals surface area contributed by atoms with Gasteiger partial charge in [-0.2, -0.15) is 0 Å². The molecule has 1 saturated carbocycles. The molecule has 1 heterocycles. The normalized spacial score (nSPS) is 22.1. The summed E-state index contributed by atoms with van der Waals surface area (Å²) in [5.74, 6) is 1.07. The van der Waals surface area contributed by atoms with Gasteiger partial charge in [0.05, 0.1) is 13.2 Å². The zero-order valence-corrected chi connectivity index (χ0v) is 13.8. The number of amides is 2. The van der Waals surface area contributed by atoms with Crippen molar-refractivity contribution >= 4 is 11.8 Å². The number of likely N-dealkylation sites (tertiary alicyclic amines) is 1. The average Bonchev–Trinajstić information content (AvgIpc) is 3.21. The third-order valence-corrected chi connectivity index (χ3v) is 4.93. The Morgan fingerprint density at radius 1 is 1.35 bits per heavy atom. The second-order valence-electron chi connectivity index (χ2n) is 6.87. The van der Waals surface area contributed by atoms with Gasteiger partial charge in [0.2, 0.25) is 11.8 Å². The lowest BCUT2D eigenvalue weighted by Gasteiger charge is -2.18. The molecule has 1 aliphatic heterocycles. The molecule has 1 aliphatic carbocycles. The van der Waals surface area contributed by atoms with Crippen LogP contribution in [0.3, 0.4) is 0 Å². The second-order valence-corrected chi connectivity index (χ2v) is 6.87. The van der Waals surface area contributed by atoms with Gasteiger partial charge in [-0.3, -0.25) is 9.59 Å². The molecule has 0 unspecified atom stereocenters. The molecule has 124 valence electrons. The molecule has 2 amide bonds. The molecule has 23 heavy (non-hydrogen) atoms. The molecule has 1 saturated heterocycles. The number of carbonyl (C=O) groups excluding carboxylic acids is 2. The molecule has 5 nitrogen and oxygen atoms in total. The van der Waals surface area contributed by atoms with Gasteiger partial charge in [0.25, 0.3) is 0 Å². The summed E-state index contributed by atoms with van der Waals surface area (Å²) in [5, 5.41) is 3.04. The summed E-state index contributed by atoms with van der Waals surface area (Å²) in [6.07, 6.45) is 3.15. The molecule has 0 spiro atoms. The van der Waals surface area contributed by atoms with E-state index in [4.69, 9.17) is 4.74 Å². The monoisotopic (exact) mass is 316 g/mol. The van der Waals surface area contributed by atoms with Crippen molar-refractivity contribution in [3.63, 3.8) is 0 Å². The van der Waals surface area contributed by atoms with Crippen LogP contribution >= 0.6 is 0 Å². The number of methoxy groups -OCH3 is 1. The second kappa shape index (κ2) is 6.22. The highest BCUT2D eigenvalue weighted by molar-refractivity contribution is 5.86. The van der Waals surface area contributed by atoms with Crippen LogP contribution in [0.4, 0.5) is 0 Å². The molecular formula is C18H24N2O3. The summed E-state index contributed by atoms with van der Waals surface area (Å²) < 4.78 is 5.14. The Hall–Kier alpha value is -2.04. The van der Waals surface area contributed by atoms with E-state index in [1.807, 2.05) is 36.1 Å². The fourth-order valence-corrected chi connectivity index (χ4v) is 2.92. The summed E-state index contributed by atoms with van der Waals surface area (Å²) in [4.78, 5) is 26.0. The van der Waals surface area contributed by atoms with E-state index >= 15 is 0 Å². The van der Waals surface area contributed by atoms with E-state index in [1.54, 1.807) is 7.11 Å². The summed E-state index contributed by atoms with van der Waals surface area (Å²) in [6.45, 7) is 3.30. The number of hydrogen-bond acceptors (Lipinski definition) is 3. The van der Waals surface area contributed by atoms with Crippen molar-refractivity contribution in [2.75, 3.05) is 20.2 Å². The van der Waals surface area contributed by atoms with Crippen molar-refractivity contribution in [3.05, 3.63) is 29.8 Å². The van der Waals surface area contributed by atoms with Crippen LogP contribution in [-0.4, -0.2) is 43.0 Å². The molecule has 0 aromatic heterocycles. The Bertz CT molecular complexity index is 593. The third-order valence-electron chi connectivity index (χ3n) is 4.93. The Morgan fingerprint density at radius 3 is 2.65 bits per heavy atom. The molecule has 0 bridgehead atoms. The lowest BCUT2D eigenvalue weighted by atomic mass is 10.1. The Kier molecular flexibility index (Phi) is 4.28. The van der Waals surface area contributed by atoms with E-state index in [-0.39, 0.29) is 23.3 Å². The van der Waals surface area contributed by atoms with Crippen LogP contribution in [0.25, 0.3) is 0 Å². The van der Waals surface area contributed by atoms with Crippen molar-refractivity contribution in [3.8, 4) is 5.75 Å². The van der Waals surface area contributed by atoms with Crippen molar-refractivity contribution in [1.82, 2.24) is 10.2 Å². The lowest BCUT2D eigenvalue weighted by Crippen LogP contribution is -2.40. The van der Waals surface area contributed by atoms with Gasteiger partial charge in [0.1, 0.15) is 5.75 Å². The van der Waals surface area contributed by atoms with Gasteiger partial charge in [-0.25, -0.2) is 0 Å². The first-order valence-corrected chi connectivity index (χ1v) is 8.22. The largest absolute Gasteiger partial charge is 0.497 e. The molecule has 1 aromatic carbocycles. The van der Waals surface area contributed by atoms with Gasteiger partial charge < -0.3 is 15.0 Å². The van der Waals surface area contributed by atoms with E-state index in [2.05, 4.69) is 5.32 Å². The van der Waals surface area contributed by atoms with E-state index in [0.717, 1.165) is 25.0 Å². The molecule has 0 radical (unpaired) electrons. The molecule has 3 rings (SSSR count). The molecule has 2 fully saturated rings. The minimum Gasteiger partial charge on any atom is -0.497 e. The van der Waals surface area contributed by atoms with Crippen LogP contribution in [0, 0.1) is 5.41 Å². The topological polar surface area (TPSA) is 58.6 Å². The molecule has 1 aromatic rings. The lowest BCUT2D eigenvalue weighted by molar-refractivity contribution is -0.127. The minimum atomic E-state index is -0.181. The van der Waals surface area contributed by atoms with Crippen LogP contribution in [0.2, 0.25) is 0 Å². The molecule has 2 aliphatic rings. The molecule has 1 N–H and O–H groups in total. The van der Waals surface area contributed by atoms with Gasteiger partial charge >= 0.3 is 0 Å². The Labute approximate surface area is 137 Å². The number of ether oxygens (including phenoxy) is 1. The van der Waals surface area contributed by atoms with Crippen molar-refractivity contribution in [2.24, 2.45) is 5.41 Å². The van der Waals surface area contributed by atoms with Gasteiger partial charge in [0, 0.05) is 24.9 Å². The van der Waals surface area contributed by atoms with Crippen LogP contribution < -0.4 is 10.1 Å². The summed E-state index contributed by atoms with van der Waals surface area (Å²) in [7, 11) is 1.65. The maximum absolute atomic E-state index is 12.1. The number of benzene rings is 1. The number of carbonyl (C=O) groups is 2. The molecule has 5 heteroatoms. The maximum atomic E-state index is 12.1. The fraction of sp³-hybridized carbons (Fsp3) is 0.556. The fourth-order valence-electron chi connectivity index (χ4n) is 2.92. The maximum Gasteiger partial charge on any atom is 0.226 e. The first-order chi connectivity index (χ1) is 11.0. The summed E-state index contributed by atoms with van der Waals surface area (Å²) in [6, 6.07) is 7.86. The quantitative estimate of drug-likeness (QED) is 0.870. The van der Waals surface area contributed by atoms with E-state index in [0.29, 0.717) is 19.5 Å². The third kappa shape index (κ3) is 3.66. The smallest absolute Gasteiger partial charge is 0.226 e. The summed E-state index contributed by atoms with van der Waals surface area (Å²) in [5.41, 5.74) is 0.996. The van der Waals surface area contributed by atoms with E-state index in [9.17, 15) is 9.59 Å². The minimum absolute atomic E-state index is 0.0386. The number of hydrogen-bond donors (Lipinski definition) is 1. The van der Waals surface area contributed by atoms with Crippen molar-refractivity contribution < 1.29 is 14.3 Å². The van der Waals surface area contributed by atoms with Gasteiger partial charge in [0.15, 0.2) is 0 Å². The number of nitrogens with one attached hydrogen (secondary N) is 1. The van der Waals surface area contributed by atoms with Gasteiger partial charge in [-0.05, 0) is 37.0 Å². The highest BCUT2D eigenvalue weighted by Crippen LogP contribution is 2.45. The van der Waals surface area contributed by atoms with Crippen LogP contribution in [-0.2, 0) is 16.0 Å². The predicted octanol–water partition coefficient (Wildman–Crippen LogP) is 1.75. The molecular weight excluding hydrogens is 292 g/mol. The van der Waals surface area contributed by atoms with Crippen LogP contribution in [0.1, 0.15) is 31.7 Å². The zero-order valence-electron chi connectivity index (χ0n) is 13.8. The first-order valence-electron chi connectivity index (χ1n) is 8.22. The predicted molar refractivity (Wildman–Crippen MR) is 87.2 cm³/mol. The van der Waals surface area contributed by atoms with Crippen molar-refractivity contribution in [1.29, 1.82) is 0 Å². The summed E-state index contributed by atoms with van der Waals surface area (Å²) >= 11 is 0. The van der Waals surface area contributed by atoms with Crippen molar-refractivity contribution in [2.45, 2.75) is 38.6 Å². The highest BCUT2D eigenvalue weighted by Gasteiger charge is 2.46. The van der Waals surface area contributed by atoms with E-state index < -0.39 is 0 Å². The molecule has 1 atom stereocenters. The Morgan fingerprint density at radius 2 is 2.04 bits per heavy atom. The average molecular weight is 316 g/mol. The van der Waals surface area contributed by atoms with Gasteiger partial charge in [-0.1, -0.05) is 19.1 Å². The van der Waals surface area contributed by atoms with Crippen LogP contribution in [0.15, 0.2) is 24.3 Å². The van der Waals surface area contributed by atoms with Gasteiger partial charge in [-0.15, -0.1) is 0 Å². The first kappa shape index (κ1) is 15.8. The number of rotatable bonds is 6.